The second-order valence-electron chi connectivity index (χ2n) is 8.60. The minimum absolute atomic E-state index is 0.0505. The van der Waals surface area contributed by atoms with Crippen molar-refractivity contribution in [2.45, 2.75) is 39.2 Å². The molecule has 2 aromatic carbocycles. The van der Waals surface area contributed by atoms with E-state index in [1.165, 1.54) is 17.7 Å². The predicted molar refractivity (Wildman–Crippen MR) is 110 cm³/mol. The van der Waals surface area contributed by atoms with Gasteiger partial charge in [0.15, 0.2) is 0 Å². The number of amides is 2. The summed E-state index contributed by atoms with van der Waals surface area (Å²) in [4.78, 5) is 29.0. The molecule has 0 unspecified atom stereocenters. The number of nitrogens with zero attached hydrogens (tertiary/aromatic N) is 2. The van der Waals surface area contributed by atoms with Gasteiger partial charge in [0.05, 0.1) is 6.42 Å². The normalized spacial score (nSPS) is 18.5. The molecule has 5 heteroatoms. The lowest BCUT2D eigenvalue weighted by molar-refractivity contribution is -0.132. The number of hydrogen-bond donors (Lipinski definition) is 0. The van der Waals surface area contributed by atoms with E-state index >= 15 is 0 Å². The molecule has 0 aliphatic carbocycles. The van der Waals surface area contributed by atoms with Crippen LogP contribution in [0.2, 0.25) is 0 Å². The molecule has 0 saturated carbocycles. The zero-order valence-electron chi connectivity index (χ0n) is 16.9. The van der Waals surface area contributed by atoms with E-state index < -0.39 is 0 Å². The smallest absolute Gasteiger partial charge is 0.226 e. The van der Waals surface area contributed by atoms with Crippen LogP contribution in [0.3, 0.4) is 0 Å². The first-order chi connectivity index (χ1) is 13.9. The van der Waals surface area contributed by atoms with Gasteiger partial charge in [-0.05, 0) is 43.0 Å². The topological polar surface area (TPSA) is 40.6 Å². The van der Waals surface area contributed by atoms with Gasteiger partial charge in [-0.3, -0.25) is 9.59 Å². The maximum Gasteiger partial charge on any atom is 0.226 e. The van der Waals surface area contributed by atoms with Crippen molar-refractivity contribution in [3.05, 3.63) is 71.0 Å². The van der Waals surface area contributed by atoms with E-state index in [0.717, 1.165) is 24.0 Å². The fourth-order valence-corrected chi connectivity index (χ4v) is 4.54. The molecule has 2 aliphatic rings. The van der Waals surface area contributed by atoms with Crippen LogP contribution in [0, 0.1) is 18.2 Å². The fraction of sp³-hybridized carbons (Fsp3) is 0.417. The van der Waals surface area contributed by atoms with E-state index in [-0.39, 0.29) is 23.0 Å². The van der Waals surface area contributed by atoms with E-state index in [2.05, 4.69) is 0 Å². The Balaban J connectivity index is 1.33. The van der Waals surface area contributed by atoms with Gasteiger partial charge in [0, 0.05) is 38.0 Å². The van der Waals surface area contributed by atoms with E-state index in [1.807, 2.05) is 47.1 Å². The van der Waals surface area contributed by atoms with Crippen LogP contribution in [0.5, 0.6) is 0 Å². The lowest BCUT2D eigenvalue weighted by Gasteiger charge is -2.39. The predicted octanol–water partition coefficient (Wildman–Crippen LogP) is 3.72. The van der Waals surface area contributed by atoms with Crippen molar-refractivity contribution in [3.63, 3.8) is 0 Å². The zero-order chi connectivity index (χ0) is 20.4. The quantitative estimate of drug-likeness (QED) is 0.793. The largest absolute Gasteiger partial charge is 0.342 e. The first-order valence-electron chi connectivity index (χ1n) is 10.3. The number of rotatable bonds is 4. The molecule has 0 atom stereocenters. The molecule has 0 aromatic heterocycles. The number of halogens is 1. The average Bonchev–Trinajstić information content (AvgIpc) is 2.99. The Morgan fingerprint density at radius 2 is 1.79 bits per heavy atom. The SMILES string of the molecule is Cc1ccc(CC(=O)N2CCC3(CC2)CC(=O)N(Cc2cccc(F)c2)C3)cc1. The Morgan fingerprint density at radius 3 is 2.48 bits per heavy atom. The van der Waals surface area contributed by atoms with E-state index in [0.29, 0.717) is 39.0 Å². The second kappa shape index (κ2) is 7.97. The van der Waals surface area contributed by atoms with Gasteiger partial charge < -0.3 is 9.80 Å². The third kappa shape index (κ3) is 4.50. The number of likely N-dealkylation sites (tertiary alicyclic amines) is 2. The molecule has 4 rings (SSSR count). The number of aryl methyl sites for hydroxylation is 1. The van der Waals surface area contributed by atoms with Crippen LogP contribution in [0.4, 0.5) is 4.39 Å². The number of carbonyl (C=O) groups excluding carboxylic acids is 2. The number of carbonyl (C=O) groups is 2. The highest BCUT2D eigenvalue weighted by molar-refractivity contribution is 5.80. The molecule has 1 spiro atoms. The van der Waals surface area contributed by atoms with Gasteiger partial charge in [-0.1, -0.05) is 42.0 Å². The van der Waals surface area contributed by atoms with Crippen molar-refractivity contribution >= 4 is 11.8 Å². The van der Waals surface area contributed by atoms with Crippen molar-refractivity contribution in [2.75, 3.05) is 19.6 Å². The first kappa shape index (κ1) is 19.6. The molecule has 2 fully saturated rings. The van der Waals surface area contributed by atoms with Crippen molar-refractivity contribution < 1.29 is 14.0 Å². The van der Waals surface area contributed by atoms with Crippen molar-refractivity contribution in [1.29, 1.82) is 0 Å². The molecule has 0 N–H and O–H groups in total. The monoisotopic (exact) mass is 394 g/mol. The Hall–Kier alpha value is -2.69. The van der Waals surface area contributed by atoms with Crippen LogP contribution >= 0.6 is 0 Å². The molecular weight excluding hydrogens is 367 g/mol. The number of hydrogen-bond acceptors (Lipinski definition) is 2. The first-order valence-corrected chi connectivity index (χ1v) is 10.3. The molecule has 2 heterocycles. The highest BCUT2D eigenvalue weighted by Crippen LogP contribution is 2.41. The summed E-state index contributed by atoms with van der Waals surface area (Å²) in [6.07, 6.45) is 2.65. The Kier molecular flexibility index (Phi) is 5.39. The van der Waals surface area contributed by atoms with Gasteiger partial charge in [-0.2, -0.15) is 0 Å². The van der Waals surface area contributed by atoms with Gasteiger partial charge in [-0.25, -0.2) is 4.39 Å². The maximum atomic E-state index is 13.4. The molecule has 0 bridgehead atoms. The van der Waals surface area contributed by atoms with Crippen molar-refractivity contribution in [3.8, 4) is 0 Å². The number of benzene rings is 2. The Morgan fingerprint density at radius 1 is 1.07 bits per heavy atom. The molecule has 2 aliphatic heterocycles. The van der Waals surface area contributed by atoms with Gasteiger partial charge in [0.1, 0.15) is 5.82 Å². The maximum absolute atomic E-state index is 13.4. The third-order valence-electron chi connectivity index (χ3n) is 6.32. The molecule has 2 saturated heterocycles. The summed E-state index contributed by atoms with van der Waals surface area (Å²) in [5.41, 5.74) is 3.00. The van der Waals surface area contributed by atoms with Crippen LogP contribution in [0.15, 0.2) is 48.5 Å². The van der Waals surface area contributed by atoms with Crippen LogP contribution in [-0.2, 0) is 22.6 Å². The third-order valence-corrected chi connectivity index (χ3v) is 6.32. The number of piperidine rings is 1. The van der Waals surface area contributed by atoms with Crippen LogP contribution in [-0.4, -0.2) is 41.2 Å². The van der Waals surface area contributed by atoms with Crippen LogP contribution < -0.4 is 0 Å². The Bertz CT molecular complexity index is 901. The molecule has 4 nitrogen and oxygen atoms in total. The molecule has 0 radical (unpaired) electrons. The van der Waals surface area contributed by atoms with E-state index in [1.54, 1.807) is 6.07 Å². The fourth-order valence-electron chi connectivity index (χ4n) is 4.54. The molecule has 29 heavy (non-hydrogen) atoms. The van der Waals surface area contributed by atoms with Gasteiger partial charge in [0.2, 0.25) is 11.8 Å². The summed E-state index contributed by atoms with van der Waals surface area (Å²) in [5.74, 6) is 0.0163. The van der Waals surface area contributed by atoms with Gasteiger partial charge >= 0.3 is 0 Å². The lowest BCUT2D eigenvalue weighted by atomic mass is 9.77. The Labute approximate surface area is 171 Å². The summed E-state index contributed by atoms with van der Waals surface area (Å²) < 4.78 is 13.4. The summed E-state index contributed by atoms with van der Waals surface area (Å²) in [6.45, 7) is 4.59. The average molecular weight is 394 g/mol. The summed E-state index contributed by atoms with van der Waals surface area (Å²) in [5, 5.41) is 0. The lowest BCUT2D eigenvalue weighted by Crippen LogP contribution is -2.44. The van der Waals surface area contributed by atoms with Crippen LogP contribution in [0.25, 0.3) is 0 Å². The molecule has 152 valence electrons. The van der Waals surface area contributed by atoms with Gasteiger partial charge in [-0.15, -0.1) is 0 Å². The van der Waals surface area contributed by atoms with E-state index in [4.69, 9.17) is 0 Å². The van der Waals surface area contributed by atoms with E-state index in [9.17, 15) is 14.0 Å². The van der Waals surface area contributed by atoms with Crippen molar-refractivity contribution in [2.24, 2.45) is 5.41 Å². The standard InChI is InChI=1S/C24H27FN2O2/c1-18-5-7-19(8-6-18)14-22(28)26-11-9-24(10-12-26)15-23(29)27(17-24)16-20-3-2-4-21(25)13-20/h2-8,13H,9-12,14-17H2,1H3. The summed E-state index contributed by atoms with van der Waals surface area (Å²) in [6, 6.07) is 14.5. The highest BCUT2D eigenvalue weighted by Gasteiger charge is 2.45. The molecular formula is C24H27FN2O2. The summed E-state index contributed by atoms with van der Waals surface area (Å²) >= 11 is 0. The molecule has 2 aromatic rings. The highest BCUT2D eigenvalue weighted by atomic mass is 19.1. The second-order valence-corrected chi connectivity index (χ2v) is 8.60. The minimum Gasteiger partial charge on any atom is -0.342 e. The molecule has 2 amide bonds. The van der Waals surface area contributed by atoms with Crippen molar-refractivity contribution in [1.82, 2.24) is 9.80 Å². The summed E-state index contributed by atoms with van der Waals surface area (Å²) in [7, 11) is 0. The van der Waals surface area contributed by atoms with Crippen LogP contribution in [0.1, 0.15) is 36.0 Å². The zero-order valence-corrected chi connectivity index (χ0v) is 16.9. The minimum atomic E-state index is -0.274. The van der Waals surface area contributed by atoms with Gasteiger partial charge in [0.25, 0.3) is 0 Å².